The van der Waals surface area contributed by atoms with Crippen molar-refractivity contribution in [3.05, 3.63) is 36.0 Å². The van der Waals surface area contributed by atoms with E-state index in [4.69, 9.17) is 4.74 Å². The van der Waals surface area contributed by atoms with Gasteiger partial charge < -0.3 is 14.6 Å². The zero-order valence-corrected chi connectivity index (χ0v) is 12.3. The number of nitrogens with one attached hydrogen (secondary N) is 1. The molecule has 20 heavy (non-hydrogen) atoms. The van der Waals surface area contributed by atoms with Gasteiger partial charge in [-0.05, 0) is 43.0 Å². The molecule has 0 aliphatic carbocycles. The first-order valence-corrected chi connectivity index (χ1v) is 7.73. The summed E-state index contributed by atoms with van der Waals surface area (Å²) in [6.45, 7) is 7.09. The van der Waals surface area contributed by atoms with Crippen molar-refractivity contribution in [1.82, 2.24) is 9.88 Å². The molecule has 0 spiro atoms. The van der Waals surface area contributed by atoms with Crippen LogP contribution in [0, 0.1) is 5.92 Å². The Morgan fingerprint density at radius 2 is 2.10 bits per heavy atom. The number of nitrogens with zero attached hydrogens (tertiary/aromatic N) is 1. The van der Waals surface area contributed by atoms with E-state index in [-0.39, 0.29) is 0 Å². The van der Waals surface area contributed by atoms with Gasteiger partial charge in [0.1, 0.15) is 0 Å². The largest absolute Gasteiger partial charge is 0.381 e. The molecule has 1 saturated heterocycles. The summed E-state index contributed by atoms with van der Waals surface area (Å²) in [6, 6.07) is 8.91. The van der Waals surface area contributed by atoms with Crippen molar-refractivity contribution >= 4 is 10.9 Å². The number of hydrogen-bond donors (Lipinski definition) is 1. The second-order valence-corrected chi connectivity index (χ2v) is 5.65. The van der Waals surface area contributed by atoms with Crippen molar-refractivity contribution in [2.24, 2.45) is 5.92 Å². The van der Waals surface area contributed by atoms with Crippen LogP contribution >= 0.6 is 0 Å². The van der Waals surface area contributed by atoms with Gasteiger partial charge in [0.05, 0.1) is 0 Å². The lowest BCUT2D eigenvalue weighted by molar-refractivity contribution is 0.0616. The van der Waals surface area contributed by atoms with Crippen LogP contribution < -0.4 is 5.32 Å². The summed E-state index contributed by atoms with van der Waals surface area (Å²) in [5.41, 5.74) is 2.77. The molecule has 0 atom stereocenters. The van der Waals surface area contributed by atoms with E-state index < -0.39 is 0 Å². The maximum atomic E-state index is 5.45. The molecule has 1 fully saturated rings. The Morgan fingerprint density at radius 3 is 2.90 bits per heavy atom. The summed E-state index contributed by atoms with van der Waals surface area (Å²) in [5, 5.41) is 4.81. The molecule has 0 saturated carbocycles. The van der Waals surface area contributed by atoms with Crippen LogP contribution in [0.3, 0.4) is 0 Å². The van der Waals surface area contributed by atoms with Crippen molar-refractivity contribution in [2.75, 3.05) is 19.8 Å². The SMILES string of the molecule is CCNCc1cccc2c1ccn2CC1CCOCC1. The van der Waals surface area contributed by atoms with E-state index in [1.807, 2.05) is 0 Å². The molecule has 1 aromatic carbocycles. The monoisotopic (exact) mass is 272 g/mol. The quantitative estimate of drug-likeness (QED) is 0.904. The number of fused-ring (bicyclic) bond motifs is 1. The highest BCUT2D eigenvalue weighted by atomic mass is 16.5. The third-order valence-corrected chi connectivity index (χ3v) is 4.27. The lowest BCUT2D eigenvalue weighted by atomic mass is 10.0. The Bertz CT molecular complexity index is 555. The number of benzene rings is 1. The average Bonchev–Trinajstić information content (AvgIpc) is 2.90. The normalized spacial score (nSPS) is 16.9. The summed E-state index contributed by atoms with van der Waals surface area (Å²) in [5.74, 6) is 0.761. The third kappa shape index (κ3) is 2.89. The van der Waals surface area contributed by atoms with E-state index in [1.54, 1.807) is 0 Å². The Balaban J connectivity index is 1.81. The standard InChI is InChI=1S/C17H24N2O/c1-2-18-12-15-4-3-5-17-16(15)6-9-19(17)13-14-7-10-20-11-8-14/h3-6,9,14,18H,2,7-8,10-13H2,1H3. The first kappa shape index (κ1) is 13.7. The van der Waals surface area contributed by atoms with E-state index in [1.165, 1.54) is 29.3 Å². The summed E-state index contributed by atoms with van der Waals surface area (Å²) in [4.78, 5) is 0. The summed E-state index contributed by atoms with van der Waals surface area (Å²) in [7, 11) is 0. The van der Waals surface area contributed by atoms with Crippen LogP contribution in [0.5, 0.6) is 0 Å². The summed E-state index contributed by atoms with van der Waals surface area (Å²) in [6.07, 6.45) is 4.63. The molecule has 108 valence electrons. The lowest BCUT2D eigenvalue weighted by Gasteiger charge is -2.22. The van der Waals surface area contributed by atoms with Gasteiger partial charge in [-0.3, -0.25) is 0 Å². The minimum Gasteiger partial charge on any atom is -0.381 e. The zero-order chi connectivity index (χ0) is 13.8. The highest BCUT2D eigenvalue weighted by molar-refractivity contribution is 5.83. The van der Waals surface area contributed by atoms with E-state index in [9.17, 15) is 0 Å². The maximum absolute atomic E-state index is 5.45. The van der Waals surface area contributed by atoms with Gasteiger partial charge in [0.15, 0.2) is 0 Å². The first-order chi connectivity index (χ1) is 9.88. The van der Waals surface area contributed by atoms with E-state index in [0.29, 0.717) is 0 Å². The molecule has 1 N–H and O–H groups in total. The van der Waals surface area contributed by atoms with Gasteiger partial charge in [-0.2, -0.15) is 0 Å². The van der Waals surface area contributed by atoms with Gasteiger partial charge in [-0.25, -0.2) is 0 Å². The van der Waals surface area contributed by atoms with Crippen molar-refractivity contribution < 1.29 is 4.74 Å². The molecule has 0 bridgehead atoms. The van der Waals surface area contributed by atoms with Crippen molar-refractivity contribution in [3.8, 4) is 0 Å². The highest BCUT2D eigenvalue weighted by Gasteiger charge is 2.15. The van der Waals surface area contributed by atoms with Crippen LogP contribution in [-0.4, -0.2) is 24.3 Å². The fraction of sp³-hybridized carbons (Fsp3) is 0.529. The van der Waals surface area contributed by atoms with Crippen LogP contribution in [0.25, 0.3) is 10.9 Å². The Morgan fingerprint density at radius 1 is 1.25 bits per heavy atom. The van der Waals surface area contributed by atoms with E-state index >= 15 is 0 Å². The third-order valence-electron chi connectivity index (χ3n) is 4.27. The summed E-state index contributed by atoms with van der Waals surface area (Å²) >= 11 is 0. The van der Waals surface area contributed by atoms with E-state index in [0.717, 1.165) is 38.8 Å². The fourth-order valence-electron chi connectivity index (χ4n) is 3.07. The van der Waals surface area contributed by atoms with Crippen LogP contribution in [-0.2, 0) is 17.8 Å². The minimum absolute atomic E-state index is 0.761. The molecular formula is C17H24N2O. The topological polar surface area (TPSA) is 26.2 Å². The summed E-state index contributed by atoms with van der Waals surface area (Å²) < 4.78 is 7.87. The molecule has 3 rings (SSSR count). The van der Waals surface area contributed by atoms with Gasteiger partial charge in [-0.15, -0.1) is 0 Å². The van der Waals surface area contributed by atoms with Gasteiger partial charge in [-0.1, -0.05) is 19.1 Å². The van der Waals surface area contributed by atoms with Crippen molar-refractivity contribution in [3.63, 3.8) is 0 Å². The highest BCUT2D eigenvalue weighted by Crippen LogP contribution is 2.24. The second-order valence-electron chi connectivity index (χ2n) is 5.65. The molecule has 2 aromatic rings. The minimum atomic E-state index is 0.761. The molecular weight excluding hydrogens is 248 g/mol. The van der Waals surface area contributed by atoms with Gasteiger partial charge in [0, 0.05) is 43.4 Å². The molecule has 1 aromatic heterocycles. The molecule has 3 heteroatoms. The number of rotatable bonds is 5. The molecule has 0 radical (unpaired) electrons. The molecule has 3 nitrogen and oxygen atoms in total. The van der Waals surface area contributed by atoms with E-state index in [2.05, 4.69) is 47.3 Å². The zero-order valence-electron chi connectivity index (χ0n) is 12.3. The Labute approximate surface area is 120 Å². The van der Waals surface area contributed by atoms with Crippen molar-refractivity contribution in [1.29, 1.82) is 0 Å². The van der Waals surface area contributed by atoms with Gasteiger partial charge >= 0.3 is 0 Å². The smallest absolute Gasteiger partial charge is 0.0483 e. The van der Waals surface area contributed by atoms with Crippen LogP contribution in [0.15, 0.2) is 30.5 Å². The predicted molar refractivity (Wildman–Crippen MR) is 82.9 cm³/mol. The molecule has 1 aliphatic heterocycles. The predicted octanol–water partition coefficient (Wildman–Crippen LogP) is 3.18. The molecule has 2 heterocycles. The van der Waals surface area contributed by atoms with Gasteiger partial charge in [0.25, 0.3) is 0 Å². The lowest BCUT2D eigenvalue weighted by Crippen LogP contribution is -2.20. The second kappa shape index (κ2) is 6.42. The maximum Gasteiger partial charge on any atom is 0.0483 e. The number of ether oxygens (including phenoxy) is 1. The number of aromatic nitrogens is 1. The fourth-order valence-corrected chi connectivity index (χ4v) is 3.07. The Kier molecular flexibility index (Phi) is 4.38. The van der Waals surface area contributed by atoms with Crippen LogP contribution in [0.2, 0.25) is 0 Å². The molecule has 1 aliphatic rings. The number of hydrogen-bond acceptors (Lipinski definition) is 2. The van der Waals surface area contributed by atoms with Crippen molar-refractivity contribution in [2.45, 2.75) is 32.9 Å². The molecule has 0 unspecified atom stereocenters. The van der Waals surface area contributed by atoms with Crippen LogP contribution in [0.1, 0.15) is 25.3 Å². The average molecular weight is 272 g/mol. The van der Waals surface area contributed by atoms with Gasteiger partial charge in [0.2, 0.25) is 0 Å². The first-order valence-electron chi connectivity index (χ1n) is 7.73. The van der Waals surface area contributed by atoms with Crippen LogP contribution in [0.4, 0.5) is 0 Å². The Hall–Kier alpha value is -1.32. The molecule has 0 amide bonds.